The Balaban J connectivity index is 1.62. The van der Waals surface area contributed by atoms with Crippen molar-refractivity contribution < 1.29 is 22.7 Å². The predicted octanol–water partition coefficient (Wildman–Crippen LogP) is 0.926. The van der Waals surface area contributed by atoms with Crippen molar-refractivity contribution in [3.8, 4) is 17.6 Å². The number of carbonyl (C=O) groups excluding carboxylic acids is 1. The Morgan fingerprint density at radius 3 is 2.96 bits per heavy atom. The monoisotopic (exact) mass is 393 g/mol. The molecule has 3 aliphatic heterocycles. The van der Waals surface area contributed by atoms with Crippen LogP contribution in [0.3, 0.4) is 0 Å². The highest BCUT2D eigenvalue weighted by Crippen LogP contribution is 2.40. The highest BCUT2D eigenvalue weighted by Gasteiger charge is 2.48. The second-order valence-corrected chi connectivity index (χ2v) is 9.60. The molecule has 0 unspecified atom stereocenters. The number of rotatable bonds is 3. The van der Waals surface area contributed by atoms with Crippen LogP contribution in [0, 0.1) is 11.3 Å². The van der Waals surface area contributed by atoms with Crippen LogP contribution >= 0.6 is 11.8 Å². The lowest BCUT2D eigenvalue weighted by atomic mass is 10.1. The van der Waals surface area contributed by atoms with E-state index in [0.717, 1.165) is 5.56 Å². The number of thioether (sulfide) groups is 1. The zero-order valence-corrected chi connectivity index (χ0v) is 15.3. The molecule has 4 rings (SSSR count). The van der Waals surface area contributed by atoms with Gasteiger partial charge in [0.25, 0.3) is 5.91 Å². The van der Waals surface area contributed by atoms with Crippen LogP contribution in [0.1, 0.15) is 12.0 Å². The van der Waals surface area contributed by atoms with Crippen LogP contribution in [0.4, 0.5) is 0 Å². The lowest BCUT2D eigenvalue weighted by molar-refractivity contribution is -0.116. The highest BCUT2D eigenvalue weighted by molar-refractivity contribution is 8.15. The summed E-state index contributed by atoms with van der Waals surface area (Å²) in [7, 11) is -3.10. The lowest BCUT2D eigenvalue weighted by Crippen LogP contribution is -2.37. The van der Waals surface area contributed by atoms with E-state index in [1.165, 1.54) is 11.8 Å². The van der Waals surface area contributed by atoms with E-state index in [4.69, 9.17) is 14.7 Å². The third-order valence-corrected chi connectivity index (χ3v) is 7.66. The summed E-state index contributed by atoms with van der Waals surface area (Å²) in [6, 6.07) is 7.09. The lowest BCUT2D eigenvalue weighted by Gasteiger charge is -2.24. The summed E-state index contributed by atoms with van der Waals surface area (Å²) in [6.07, 6.45) is -0.296. The molecule has 2 fully saturated rings. The Morgan fingerprint density at radius 1 is 1.35 bits per heavy atom. The summed E-state index contributed by atoms with van der Waals surface area (Å²) in [5.74, 6) is 0.910. The zero-order chi connectivity index (χ0) is 18.3. The van der Waals surface area contributed by atoms with Gasteiger partial charge in [-0.3, -0.25) is 4.79 Å². The number of benzene rings is 1. The van der Waals surface area contributed by atoms with Crippen LogP contribution in [0.25, 0.3) is 0 Å². The third kappa shape index (κ3) is 3.24. The molecule has 1 aromatic rings. The summed E-state index contributed by atoms with van der Waals surface area (Å²) in [5, 5.41) is 8.99. The molecular formula is C16H15N3O5S2. The molecule has 3 heterocycles. The SMILES string of the molecule is N#CCC(=O)N=C1S[C@@H]2CS(=O)(=O)C[C@H]2N1Cc1ccc2c(c1)OCO2. The molecule has 2 saturated heterocycles. The summed E-state index contributed by atoms with van der Waals surface area (Å²) in [4.78, 5) is 17.7. The quantitative estimate of drug-likeness (QED) is 0.746. The van der Waals surface area contributed by atoms with Crippen molar-refractivity contribution >= 4 is 32.7 Å². The average Bonchev–Trinajstić information content (AvgIpc) is 3.22. The molecule has 0 aromatic heterocycles. The molecule has 26 heavy (non-hydrogen) atoms. The first-order valence-electron chi connectivity index (χ1n) is 7.96. The van der Waals surface area contributed by atoms with Gasteiger partial charge in [-0.15, -0.1) is 0 Å². The maximum atomic E-state index is 12.0. The summed E-state index contributed by atoms with van der Waals surface area (Å²) >= 11 is 1.30. The van der Waals surface area contributed by atoms with Crippen LogP contribution in [0.15, 0.2) is 23.2 Å². The van der Waals surface area contributed by atoms with E-state index in [-0.39, 0.29) is 36.0 Å². The smallest absolute Gasteiger partial charge is 0.262 e. The number of sulfone groups is 1. The molecule has 136 valence electrons. The first-order valence-corrected chi connectivity index (χ1v) is 10.7. The minimum Gasteiger partial charge on any atom is -0.454 e. The van der Waals surface area contributed by atoms with Crippen LogP contribution in [-0.2, 0) is 21.2 Å². The van der Waals surface area contributed by atoms with Gasteiger partial charge in [0, 0.05) is 11.8 Å². The molecule has 0 radical (unpaired) electrons. The van der Waals surface area contributed by atoms with Gasteiger partial charge >= 0.3 is 0 Å². The molecular weight excluding hydrogens is 378 g/mol. The predicted molar refractivity (Wildman–Crippen MR) is 94.6 cm³/mol. The Hall–Kier alpha value is -2.25. The summed E-state index contributed by atoms with van der Waals surface area (Å²) < 4.78 is 34.7. The first kappa shape index (κ1) is 17.2. The maximum Gasteiger partial charge on any atom is 0.262 e. The number of carbonyl (C=O) groups is 1. The zero-order valence-electron chi connectivity index (χ0n) is 13.6. The average molecular weight is 393 g/mol. The van der Waals surface area contributed by atoms with E-state index in [0.29, 0.717) is 23.2 Å². The van der Waals surface area contributed by atoms with Gasteiger partial charge in [-0.25, -0.2) is 8.42 Å². The summed E-state index contributed by atoms with van der Waals surface area (Å²) in [6.45, 7) is 0.579. The largest absolute Gasteiger partial charge is 0.454 e. The van der Waals surface area contributed by atoms with Crippen LogP contribution < -0.4 is 9.47 Å². The van der Waals surface area contributed by atoms with E-state index in [2.05, 4.69) is 4.99 Å². The van der Waals surface area contributed by atoms with Crippen molar-refractivity contribution in [2.75, 3.05) is 18.3 Å². The number of amides is 1. The third-order valence-electron chi connectivity index (χ3n) is 4.42. The van der Waals surface area contributed by atoms with Gasteiger partial charge < -0.3 is 14.4 Å². The van der Waals surface area contributed by atoms with Gasteiger partial charge in [0.1, 0.15) is 6.42 Å². The Kier molecular flexibility index (Phi) is 4.28. The number of hydrogen-bond acceptors (Lipinski definition) is 7. The fraction of sp³-hybridized carbons (Fsp3) is 0.438. The number of aliphatic imine (C=N–C) groups is 1. The maximum absolute atomic E-state index is 12.0. The molecule has 3 aliphatic rings. The number of hydrogen-bond donors (Lipinski definition) is 0. The molecule has 0 N–H and O–H groups in total. The topological polar surface area (TPSA) is 109 Å². The van der Waals surface area contributed by atoms with E-state index >= 15 is 0 Å². The minimum atomic E-state index is -3.10. The molecule has 0 spiro atoms. The van der Waals surface area contributed by atoms with E-state index in [1.807, 2.05) is 17.0 Å². The Morgan fingerprint density at radius 2 is 2.15 bits per heavy atom. The van der Waals surface area contributed by atoms with Crippen molar-refractivity contribution in [3.63, 3.8) is 0 Å². The molecule has 1 amide bonds. The normalized spacial score (nSPS) is 26.7. The van der Waals surface area contributed by atoms with Crippen molar-refractivity contribution in [2.45, 2.75) is 24.3 Å². The van der Waals surface area contributed by atoms with E-state index in [9.17, 15) is 13.2 Å². The van der Waals surface area contributed by atoms with Gasteiger partial charge in [0.15, 0.2) is 26.5 Å². The molecule has 0 aliphatic carbocycles. The first-order chi connectivity index (χ1) is 12.4. The van der Waals surface area contributed by atoms with Gasteiger partial charge in [0.05, 0.1) is 23.6 Å². The molecule has 10 heteroatoms. The van der Waals surface area contributed by atoms with Crippen molar-refractivity contribution in [1.82, 2.24) is 4.90 Å². The molecule has 2 atom stereocenters. The van der Waals surface area contributed by atoms with Crippen molar-refractivity contribution in [2.24, 2.45) is 4.99 Å². The summed E-state index contributed by atoms with van der Waals surface area (Å²) in [5.41, 5.74) is 0.903. The fourth-order valence-corrected chi connectivity index (χ4v) is 7.24. The molecule has 1 aromatic carbocycles. The number of fused-ring (bicyclic) bond motifs is 2. The van der Waals surface area contributed by atoms with Crippen LogP contribution in [-0.4, -0.2) is 54.0 Å². The van der Waals surface area contributed by atoms with Gasteiger partial charge in [0.2, 0.25) is 6.79 Å². The minimum absolute atomic E-state index is 0.0423. The standard InChI is InChI=1S/C16H15N3O5S2/c17-4-3-15(20)18-16-19(11-7-26(21,22)8-14(11)25-16)6-10-1-2-12-13(5-10)24-9-23-12/h1-2,5,11,14H,3,6-9H2/t11-,14-/m1/s1. The van der Waals surface area contributed by atoms with Crippen molar-refractivity contribution in [1.29, 1.82) is 5.26 Å². The molecule has 0 saturated carbocycles. The molecule has 8 nitrogen and oxygen atoms in total. The number of amidine groups is 1. The molecule has 0 bridgehead atoms. The van der Waals surface area contributed by atoms with Gasteiger partial charge in [-0.1, -0.05) is 17.8 Å². The number of nitriles is 1. The van der Waals surface area contributed by atoms with E-state index in [1.54, 1.807) is 12.1 Å². The Labute approximate surface area is 154 Å². The highest BCUT2D eigenvalue weighted by atomic mass is 32.2. The van der Waals surface area contributed by atoms with Gasteiger partial charge in [-0.05, 0) is 17.7 Å². The number of ether oxygens (including phenoxy) is 2. The Bertz CT molecular complexity index is 938. The second kappa shape index (κ2) is 6.48. The second-order valence-electron chi connectivity index (χ2n) is 6.24. The van der Waals surface area contributed by atoms with Gasteiger partial charge in [-0.2, -0.15) is 10.3 Å². The van der Waals surface area contributed by atoms with Crippen LogP contribution in [0.2, 0.25) is 0 Å². The van der Waals surface area contributed by atoms with Crippen LogP contribution in [0.5, 0.6) is 11.5 Å². The van der Waals surface area contributed by atoms with E-state index < -0.39 is 15.7 Å². The van der Waals surface area contributed by atoms with Crippen molar-refractivity contribution in [3.05, 3.63) is 23.8 Å². The fourth-order valence-electron chi connectivity index (χ4n) is 3.27. The number of nitrogens with zero attached hydrogens (tertiary/aromatic N) is 3.